The Kier molecular flexibility index (Phi) is 4.95. The molecule has 3 aromatic rings. The Morgan fingerprint density at radius 3 is 2.36 bits per heavy atom. The molecule has 1 heterocycles. The molecular formula is C20H18N2O3. The van der Waals surface area contributed by atoms with Gasteiger partial charge in [-0.1, -0.05) is 30.3 Å². The predicted octanol–water partition coefficient (Wildman–Crippen LogP) is 4.43. The van der Waals surface area contributed by atoms with E-state index < -0.39 is 6.09 Å². The van der Waals surface area contributed by atoms with Crippen LogP contribution >= 0.6 is 0 Å². The highest BCUT2D eigenvalue weighted by Gasteiger charge is 2.08. The van der Waals surface area contributed by atoms with Crippen molar-refractivity contribution in [3.63, 3.8) is 0 Å². The number of ether oxygens (including phenoxy) is 1. The fourth-order valence-corrected chi connectivity index (χ4v) is 2.48. The molecule has 0 atom stereocenters. The van der Waals surface area contributed by atoms with E-state index in [1.807, 2.05) is 54.7 Å². The first-order valence-corrected chi connectivity index (χ1v) is 7.90. The van der Waals surface area contributed by atoms with Gasteiger partial charge in [0.2, 0.25) is 0 Å². The summed E-state index contributed by atoms with van der Waals surface area (Å²) in [6.45, 7) is 1.75. The van der Waals surface area contributed by atoms with E-state index >= 15 is 0 Å². The van der Waals surface area contributed by atoms with Crippen LogP contribution in [0.1, 0.15) is 23.0 Å². The van der Waals surface area contributed by atoms with Crippen LogP contribution in [0.3, 0.4) is 0 Å². The van der Waals surface area contributed by atoms with Crippen LogP contribution in [-0.4, -0.2) is 16.4 Å². The van der Waals surface area contributed by atoms with E-state index in [0.717, 1.165) is 11.3 Å². The van der Waals surface area contributed by atoms with Crippen LogP contribution in [0.5, 0.6) is 0 Å². The zero-order valence-electron chi connectivity index (χ0n) is 13.8. The van der Waals surface area contributed by atoms with E-state index in [1.54, 1.807) is 22.8 Å². The number of carbonyl (C=O) groups excluding carboxylic acids is 2. The fraction of sp³-hybridized carbons (Fsp3) is 0.100. The van der Waals surface area contributed by atoms with Gasteiger partial charge >= 0.3 is 6.09 Å². The number of aromatic nitrogens is 1. The zero-order valence-corrected chi connectivity index (χ0v) is 13.8. The molecular weight excluding hydrogens is 316 g/mol. The number of nitrogens with zero attached hydrogens (tertiary/aromatic N) is 1. The molecule has 1 N–H and O–H groups in total. The van der Waals surface area contributed by atoms with Crippen LogP contribution in [0.15, 0.2) is 72.9 Å². The van der Waals surface area contributed by atoms with E-state index in [2.05, 4.69) is 5.32 Å². The lowest BCUT2D eigenvalue weighted by Gasteiger charge is -2.10. The molecule has 0 saturated heterocycles. The van der Waals surface area contributed by atoms with E-state index in [4.69, 9.17) is 4.74 Å². The molecule has 0 bridgehead atoms. The molecule has 0 fully saturated rings. The molecule has 5 nitrogen and oxygen atoms in total. The van der Waals surface area contributed by atoms with Gasteiger partial charge in [-0.25, -0.2) is 4.79 Å². The Balaban J connectivity index is 1.61. The van der Waals surface area contributed by atoms with Gasteiger partial charge in [0.05, 0.1) is 5.69 Å². The average molecular weight is 334 g/mol. The Labute approximate surface area is 145 Å². The summed E-state index contributed by atoms with van der Waals surface area (Å²) in [5.74, 6) is -0.00306. The summed E-state index contributed by atoms with van der Waals surface area (Å²) < 4.78 is 6.99. The second-order valence-corrected chi connectivity index (χ2v) is 5.55. The van der Waals surface area contributed by atoms with Gasteiger partial charge in [-0.3, -0.25) is 10.1 Å². The van der Waals surface area contributed by atoms with Crippen LogP contribution < -0.4 is 5.32 Å². The third-order valence-electron chi connectivity index (χ3n) is 3.71. The van der Waals surface area contributed by atoms with Crippen molar-refractivity contribution >= 4 is 17.6 Å². The summed E-state index contributed by atoms with van der Waals surface area (Å²) in [4.78, 5) is 23.5. The topological polar surface area (TPSA) is 60.3 Å². The number of ketones is 1. The Bertz CT molecular complexity index is 867. The first-order valence-electron chi connectivity index (χ1n) is 7.90. The highest BCUT2D eigenvalue weighted by Crippen LogP contribution is 2.17. The third-order valence-corrected chi connectivity index (χ3v) is 3.71. The molecule has 0 aliphatic heterocycles. The van der Waals surface area contributed by atoms with E-state index in [9.17, 15) is 9.59 Å². The highest BCUT2D eigenvalue weighted by atomic mass is 16.5. The van der Waals surface area contributed by atoms with Gasteiger partial charge in [0.15, 0.2) is 5.78 Å². The van der Waals surface area contributed by atoms with Crippen molar-refractivity contribution in [3.05, 3.63) is 84.2 Å². The minimum atomic E-state index is -0.512. The van der Waals surface area contributed by atoms with Crippen molar-refractivity contribution in [1.29, 1.82) is 0 Å². The summed E-state index contributed by atoms with van der Waals surface area (Å²) in [5.41, 5.74) is 3.01. The number of nitrogens with one attached hydrogen (secondary N) is 1. The predicted molar refractivity (Wildman–Crippen MR) is 96.0 cm³/mol. The Morgan fingerprint density at radius 1 is 0.960 bits per heavy atom. The second kappa shape index (κ2) is 7.49. The van der Waals surface area contributed by atoms with Crippen molar-refractivity contribution in [2.45, 2.75) is 13.5 Å². The number of hydrogen-bond acceptors (Lipinski definition) is 3. The molecule has 0 unspecified atom stereocenters. The number of anilines is 1. The maximum atomic E-state index is 11.9. The van der Waals surface area contributed by atoms with Crippen molar-refractivity contribution in [2.75, 3.05) is 5.32 Å². The normalized spacial score (nSPS) is 10.3. The molecule has 0 aliphatic rings. The van der Waals surface area contributed by atoms with Crippen molar-refractivity contribution in [1.82, 2.24) is 4.57 Å². The minimum Gasteiger partial charge on any atom is -0.444 e. The molecule has 0 saturated carbocycles. The van der Waals surface area contributed by atoms with Crippen molar-refractivity contribution in [2.24, 2.45) is 0 Å². The maximum absolute atomic E-state index is 11.9. The molecule has 0 spiro atoms. The smallest absolute Gasteiger partial charge is 0.411 e. The number of Topliss-reactive ketones (excluding diaryl/α,β-unsaturated/α-hetero) is 1. The molecule has 1 aromatic heterocycles. The van der Waals surface area contributed by atoms with Crippen LogP contribution in [0, 0.1) is 0 Å². The molecule has 0 radical (unpaired) electrons. The molecule has 2 aromatic carbocycles. The number of carbonyl (C=O) groups is 2. The molecule has 0 aliphatic carbocycles. The molecule has 5 heteroatoms. The van der Waals surface area contributed by atoms with Gasteiger partial charge in [-0.05, 0) is 42.0 Å². The van der Waals surface area contributed by atoms with Gasteiger partial charge in [0.1, 0.15) is 6.61 Å². The van der Waals surface area contributed by atoms with E-state index in [-0.39, 0.29) is 12.4 Å². The van der Waals surface area contributed by atoms with Gasteiger partial charge in [-0.2, -0.15) is 0 Å². The molecule has 3 rings (SSSR count). The number of rotatable bonds is 5. The summed E-state index contributed by atoms with van der Waals surface area (Å²) in [5, 5.41) is 2.68. The van der Waals surface area contributed by atoms with Gasteiger partial charge < -0.3 is 9.30 Å². The van der Waals surface area contributed by atoms with E-state index in [0.29, 0.717) is 11.4 Å². The van der Waals surface area contributed by atoms with Gasteiger partial charge in [0.25, 0.3) is 0 Å². The lowest BCUT2D eigenvalue weighted by Crippen LogP contribution is -2.13. The summed E-state index contributed by atoms with van der Waals surface area (Å²) >= 11 is 0. The van der Waals surface area contributed by atoms with Crippen LogP contribution in [0.25, 0.3) is 5.69 Å². The zero-order chi connectivity index (χ0) is 17.6. The van der Waals surface area contributed by atoms with Crippen molar-refractivity contribution < 1.29 is 14.3 Å². The summed E-state index contributed by atoms with van der Waals surface area (Å²) in [6.07, 6.45) is 1.31. The first-order chi connectivity index (χ1) is 12.1. The standard InChI is InChI=1S/C20H18N2O3/c1-15(23)19-8-5-13-22(19)18-11-9-17(10-12-18)21-20(24)25-14-16-6-3-2-4-7-16/h2-13H,14H2,1H3,(H,21,24). The number of amides is 1. The summed E-state index contributed by atoms with van der Waals surface area (Å²) in [6, 6.07) is 20.3. The lowest BCUT2D eigenvalue weighted by atomic mass is 10.2. The number of hydrogen-bond donors (Lipinski definition) is 1. The third kappa shape index (κ3) is 4.14. The molecule has 126 valence electrons. The molecule has 25 heavy (non-hydrogen) atoms. The monoisotopic (exact) mass is 334 g/mol. The lowest BCUT2D eigenvalue weighted by molar-refractivity contribution is 0.101. The quantitative estimate of drug-likeness (QED) is 0.702. The summed E-state index contributed by atoms with van der Waals surface area (Å²) in [7, 11) is 0. The largest absolute Gasteiger partial charge is 0.444 e. The van der Waals surface area contributed by atoms with Crippen molar-refractivity contribution in [3.8, 4) is 5.69 Å². The van der Waals surface area contributed by atoms with Gasteiger partial charge in [0, 0.05) is 24.5 Å². The van der Waals surface area contributed by atoms with Crippen LogP contribution in [0.2, 0.25) is 0 Å². The average Bonchev–Trinajstić information content (AvgIpc) is 3.12. The molecule has 1 amide bonds. The van der Waals surface area contributed by atoms with Crippen LogP contribution in [-0.2, 0) is 11.3 Å². The number of benzene rings is 2. The highest BCUT2D eigenvalue weighted by molar-refractivity contribution is 5.93. The maximum Gasteiger partial charge on any atom is 0.411 e. The minimum absolute atomic E-state index is 0.00306. The van der Waals surface area contributed by atoms with E-state index in [1.165, 1.54) is 6.92 Å². The SMILES string of the molecule is CC(=O)c1cccn1-c1ccc(NC(=O)OCc2ccccc2)cc1. The fourth-order valence-electron chi connectivity index (χ4n) is 2.48. The van der Waals surface area contributed by atoms with Crippen LogP contribution in [0.4, 0.5) is 10.5 Å². The second-order valence-electron chi connectivity index (χ2n) is 5.55. The Hall–Kier alpha value is -3.34. The van der Waals surface area contributed by atoms with Gasteiger partial charge in [-0.15, -0.1) is 0 Å². The Morgan fingerprint density at radius 2 is 1.68 bits per heavy atom. The first kappa shape index (κ1) is 16.5.